The van der Waals surface area contributed by atoms with Crippen LogP contribution in [0.1, 0.15) is 22.8 Å². The summed E-state index contributed by atoms with van der Waals surface area (Å²) in [4.78, 5) is 29.1. The van der Waals surface area contributed by atoms with Gasteiger partial charge in [0.1, 0.15) is 0 Å². The number of Topliss-reactive ketones (excluding diaryl/α,β-unsaturated/α-hetero) is 1. The third-order valence-electron chi connectivity index (χ3n) is 3.37. The van der Waals surface area contributed by atoms with Crippen LogP contribution in [0, 0.1) is 12.8 Å². The Bertz CT molecular complexity index is 753. The molecule has 2 aromatic carbocycles. The second kappa shape index (κ2) is 8.41. The molecular weight excluding hydrogens is 326 g/mol. The summed E-state index contributed by atoms with van der Waals surface area (Å²) in [5, 5.41) is 0.292. The molecule has 0 saturated carbocycles. The number of rotatable bonds is 6. The fourth-order valence-corrected chi connectivity index (χ4v) is 2.32. The molecule has 0 saturated heterocycles. The lowest BCUT2D eigenvalue weighted by Crippen LogP contribution is -2.28. The molecule has 0 N–H and O–H groups in total. The molecular formula is C19H18ClNO3. The van der Waals surface area contributed by atoms with E-state index in [2.05, 4.69) is 4.99 Å². The fraction of sp³-hybridized carbons (Fsp3) is 0.211. The number of ketones is 1. The topological polar surface area (TPSA) is 55.7 Å². The first-order valence-electron chi connectivity index (χ1n) is 7.59. The van der Waals surface area contributed by atoms with Crippen molar-refractivity contribution in [3.05, 3.63) is 64.7 Å². The number of carbonyl (C=O) groups excluding carboxylic acids is 2. The summed E-state index contributed by atoms with van der Waals surface area (Å²) in [6.45, 7) is 3.84. The van der Waals surface area contributed by atoms with Crippen molar-refractivity contribution in [1.29, 1.82) is 0 Å². The molecule has 0 radical (unpaired) electrons. The second-order valence-electron chi connectivity index (χ2n) is 5.19. The van der Waals surface area contributed by atoms with Crippen LogP contribution in [-0.2, 0) is 9.53 Å². The summed E-state index contributed by atoms with van der Waals surface area (Å²) in [7, 11) is 0. The Morgan fingerprint density at radius 2 is 1.83 bits per heavy atom. The van der Waals surface area contributed by atoms with Gasteiger partial charge in [0.05, 0.1) is 17.3 Å². The van der Waals surface area contributed by atoms with E-state index in [4.69, 9.17) is 16.3 Å². The minimum absolute atomic E-state index is 0.184. The van der Waals surface area contributed by atoms with Gasteiger partial charge in [-0.25, -0.2) is 0 Å². The summed E-state index contributed by atoms with van der Waals surface area (Å²) in [5.74, 6) is -2.21. The number of halogens is 1. The summed E-state index contributed by atoms with van der Waals surface area (Å²) >= 11 is 6.06. The predicted octanol–water partition coefficient (Wildman–Crippen LogP) is 4.41. The van der Waals surface area contributed by atoms with Gasteiger partial charge in [0.15, 0.2) is 11.7 Å². The van der Waals surface area contributed by atoms with Gasteiger partial charge in [-0.1, -0.05) is 41.4 Å². The lowest BCUT2D eigenvalue weighted by Gasteiger charge is -2.11. The average Bonchev–Trinajstić information content (AvgIpc) is 2.57. The summed E-state index contributed by atoms with van der Waals surface area (Å²) in [6.07, 6.45) is 1.31. The van der Waals surface area contributed by atoms with Gasteiger partial charge in [-0.05, 0) is 38.1 Å². The van der Waals surface area contributed by atoms with Gasteiger partial charge in [-0.2, -0.15) is 0 Å². The normalized spacial score (nSPS) is 12.1. The lowest BCUT2D eigenvalue weighted by molar-refractivity contribution is -0.143. The molecule has 2 aromatic rings. The van der Waals surface area contributed by atoms with E-state index in [1.165, 1.54) is 6.21 Å². The molecule has 124 valence electrons. The molecule has 0 aliphatic carbocycles. The molecule has 0 bridgehead atoms. The predicted molar refractivity (Wildman–Crippen MR) is 95.2 cm³/mol. The minimum atomic E-state index is -1.13. The Morgan fingerprint density at radius 3 is 2.46 bits per heavy atom. The van der Waals surface area contributed by atoms with Gasteiger partial charge < -0.3 is 4.74 Å². The number of aliphatic imine (C=N–C) groups is 1. The molecule has 24 heavy (non-hydrogen) atoms. The first kappa shape index (κ1) is 17.9. The number of carbonyl (C=O) groups is 2. The maximum Gasteiger partial charge on any atom is 0.322 e. The Labute approximate surface area is 146 Å². The van der Waals surface area contributed by atoms with Crippen molar-refractivity contribution < 1.29 is 14.3 Å². The molecule has 1 unspecified atom stereocenters. The quantitative estimate of drug-likeness (QED) is 0.338. The lowest BCUT2D eigenvalue weighted by atomic mass is 9.98. The molecule has 0 spiro atoms. The van der Waals surface area contributed by atoms with E-state index in [0.717, 1.165) is 5.56 Å². The van der Waals surface area contributed by atoms with Crippen molar-refractivity contribution in [2.24, 2.45) is 10.9 Å². The molecule has 2 rings (SSSR count). The van der Waals surface area contributed by atoms with Gasteiger partial charge in [0.25, 0.3) is 0 Å². The smallest absolute Gasteiger partial charge is 0.322 e. The van der Waals surface area contributed by atoms with Crippen molar-refractivity contribution in [3.63, 3.8) is 0 Å². The van der Waals surface area contributed by atoms with Crippen LogP contribution in [0.2, 0.25) is 5.02 Å². The van der Waals surface area contributed by atoms with Crippen LogP contribution >= 0.6 is 11.6 Å². The SMILES string of the molecule is CCOC(=O)C(C=Nc1ccc(C)cc1)C(=O)c1ccccc1Cl. The monoisotopic (exact) mass is 343 g/mol. The summed E-state index contributed by atoms with van der Waals surface area (Å²) < 4.78 is 5.00. The minimum Gasteiger partial charge on any atom is -0.465 e. The Balaban J connectivity index is 2.31. The largest absolute Gasteiger partial charge is 0.465 e. The Kier molecular flexibility index (Phi) is 6.27. The van der Waals surface area contributed by atoms with E-state index in [9.17, 15) is 9.59 Å². The van der Waals surface area contributed by atoms with Crippen molar-refractivity contribution in [1.82, 2.24) is 0 Å². The molecule has 5 heteroatoms. The van der Waals surface area contributed by atoms with Gasteiger partial charge >= 0.3 is 5.97 Å². The van der Waals surface area contributed by atoms with E-state index in [0.29, 0.717) is 10.7 Å². The van der Waals surface area contributed by atoms with Crippen molar-refractivity contribution >= 4 is 35.3 Å². The molecule has 0 fully saturated rings. The zero-order valence-electron chi connectivity index (χ0n) is 13.5. The van der Waals surface area contributed by atoms with Gasteiger partial charge in [-0.15, -0.1) is 0 Å². The first-order valence-corrected chi connectivity index (χ1v) is 7.97. The second-order valence-corrected chi connectivity index (χ2v) is 5.59. The van der Waals surface area contributed by atoms with E-state index >= 15 is 0 Å². The van der Waals surface area contributed by atoms with Gasteiger partial charge in [-0.3, -0.25) is 14.6 Å². The maximum atomic E-state index is 12.7. The number of hydrogen-bond donors (Lipinski definition) is 0. The number of ether oxygens (including phenoxy) is 1. The van der Waals surface area contributed by atoms with Crippen molar-refractivity contribution in [2.45, 2.75) is 13.8 Å². The average molecular weight is 344 g/mol. The Hall–Kier alpha value is -2.46. The van der Waals surface area contributed by atoms with Crippen molar-refractivity contribution in [3.8, 4) is 0 Å². The Morgan fingerprint density at radius 1 is 1.17 bits per heavy atom. The van der Waals surface area contributed by atoms with Crippen molar-refractivity contribution in [2.75, 3.05) is 6.61 Å². The number of esters is 1. The zero-order chi connectivity index (χ0) is 17.5. The number of nitrogens with zero attached hydrogens (tertiary/aromatic N) is 1. The molecule has 0 aliphatic rings. The van der Waals surface area contributed by atoms with Gasteiger partial charge in [0, 0.05) is 11.8 Å². The molecule has 0 aromatic heterocycles. The highest BCUT2D eigenvalue weighted by atomic mass is 35.5. The molecule has 1 atom stereocenters. The zero-order valence-corrected chi connectivity index (χ0v) is 14.3. The van der Waals surface area contributed by atoms with Crippen LogP contribution in [0.5, 0.6) is 0 Å². The number of aryl methyl sites for hydroxylation is 1. The van der Waals surface area contributed by atoms with Crippen LogP contribution in [0.3, 0.4) is 0 Å². The highest BCUT2D eigenvalue weighted by molar-refractivity contribution is 6.35. The summed E-state index contributed by atoms with van der Waals surface area (Å²) in [5.41, 5.74) is 2.03. The van der Waals surface area contributed by atoms with Crippen LogP contribution in [-0.4, -0.2) is 24.6 Å². The first-order chi connectivity index (χ1) is 11.5. The molecule has 0 aliphatic heterocycles. The fourth-order valence-electron chi connectivity index (χ4n) is 2.09. The van der Waals surface area contributed by atoms with E-state index in [1.807, 2.05) is 31.2 Å². The maximum absolute atomic E-state index is 12.7. The standard InChI is InChI=1S/C19H18ClNO3/c1-3-24-19(23)16(12-21-14-10-8-13(2)9-11-14)18(22)15-6-4-5-7-17(15)20/h4-12,16H,3H2,1-2H3. The van der Waals surface area contributed by atoms with Gasteiger partial charge in [0.2, 0.25) is 0 Å². The molecule has 0 amide bonds. The van der Waals surface area contributed by atoms with E-state index in [1.54, 1.807) is 31.2 Å². The molecule has 0 heterocycles. The highest BCUT2D eigenvalue weighted by Gasteiger charge is 2.28. The van der Waals surface area contributed by atoms with Crippen LogP contribution in [0.15, 0.2) is 53.5 Å². The van der Waals surface area contributed by atoms with E-state index < -0.39 is 17.7 Å². The van der Waals surface area contributed by atoms with Crippen LogP contribution in [0.4, 0.5) is 5.69 Å². The summed E-state index contributed by atoms with van der Waals surface area (Å²) in [6, 6.07) is 14.0. The molecule has 4 nitrogen and oxygen atoms in total. The number of benzene rings is 2. The number of hydrogen-bond acceptors (Lipinski definition) is 4. The third kappa shape index (κ3) is 4.52. The highest BCUT2D eigenvalue weighted by Crippen LogP contribution is 2.20. The van der Waals surface area contributed by atoms with Crippen LogP contribution in [0.25, 0.3) is 0 Å². The van der Waals surface area contributed by atoms with Crippen LogP contribution < -0.4 is 0 Å². The van der Waals surface area contributed by atoms with E-state index in [-0.39, 0.29) is 12.2 Å². The third-order valence-corrected chi connectivity index (χ3v) is 3.70.